The minimum Gasteiger partial charge on any atom is -0.319 e. The van der Waals surface area contributed by atoms with Crippen LogP contribution in [-0.4, -0.2) is 9.13 Å². The monoisotopic (exact) mass is 635 g/mol. The van der Waals surface area contributed by atoms with E-state index < -0.39 is 0 Å². The van der Waals surface area contributed by atoms with Crippen LogP contribution in [0.1, 0.15) is 11.1 Å². The number of hydrogen-bond donors (Lipinski definition) is 0. The van der Waals surface area contributed by atoms with Crippen molar-refractivity contribution in [1.82, 2.24) is 9.13 Å². The number of para-hydroxylation sites is 4. The van der Waals surface area contributed by atoms with Gasteiger partial charge in [0, 0.05) is 33.0 Å². The summed E-state index contributed by atoms with van der Waals surface area (Å²) in [5.41, 5.74) is 11.1. The lowest BCUT2D eigenvalue weighted by atomic mass is 9.90. The summed E-state index contributed by atoms with van der Waals surface area (Å²) < 4.78 is 4.42. The molecule has 0 bridgehead atoms. The summed E-state index contributed by atoms with van der Waals surface area (Å²) in [6.45, 7) is 7.99. The van der Waals surface area contributed by atoms with Crippen LogP contribution in [0, 0.1) is 29.2 Å². The highest BCUT2D eigenvalue weighted by molar-refractivity contribution is 6.14. The van der Waals surface area contributed by atoms with E-state index in [9.17, 15) is 10.5 Å². The molecule has 5 nitrogen and oxygen atoms in total. The van der Waals surface area contributed by atoms with Crippen molar-refractivity contribution in [2.75, 3.05) is 0 Å². The lowest BCUT2D eigenvalue weighted by Gasteiger charge is -2.18. The highest BCUT2D eigenvalue weighted by Gasteiger charge is 2.21. The minimum atomic E-state index is 0.529. The van der Waals surface area contributed by atoms with Crippen molar-refractivity contribution in [3.63, 3.8) is 0 Å². The first-order valence-electron chi connectivity index (χ1n) is 16.3. The SMILES string of the molecule is [C-]#[N+]c1cccc2c3cc(C#N)ccc3n(-c3cccc(-c4c(C#N)cccc4-c4ccccc4-n4c5ccccc5c5ccccc54)c3)c12. The summed E-state index contributed by atoms with van der Waals surface area (Å²) in [6.07, 6.45) is 0. The van der Waals surface area contributed by atoms with Crippen LogP contribution < -0.4 is 0 Å². The summed E-state index contributed by atoms with van der Waals surface area (Å²) in [4.78, 5) is 3.88. The van der Waals surface area contributed by atoms with E-state index in [0.29, 0.717) is 16.8 Å². The summed E-state index contributed by atoms with van der Waals surface area (Å²) >= 11 is 0. The lowest BCUT2D eigenvalue weighted by Crippen LogP contribution is -1.99. The van der Waals surface area contributed by atoms with Gasteiger partial charge in [0.15, 0.2) is 0 Å². The van der Waals surface area contributed by atoms with Crippen LogP contribution in [0.15, 0.2) is 152 Å². The van der Waals surface area contributed by atoms with Crippen LogP contribution in [0.3, 0.4) is 0 Å². The maximum Gasteiger partial charge on any atom is 0.211 e. The molecule has 7 aromatic carbocycles. The Kier molecular flexibility index (Phi) is 6.56. The largest absolute Gasteiger partial charge is 0.319 e. The van der Waals surface area contributed by atoms with Gasteiger partial charge < -0.3 is 9.13 Å². The van der Waals surface area contributed by atoms with E-state index in [0.717, 1.165) is 66.5 Å². The maximum absolute atomic E-state index is 10.5. The van der Waals surface area contributed by atoms with Crippen molar-refractivity contribution in [2.24, 2.45) is 0 Å². The van der Waals surface area contributed by atoms with Gasteiger partial charge >= 0.3 is 0 Å². The van der Waals surface area contributed by atoms with Gasteiger partial charge in [-0.1, -0.05) is 97.1 Å². The number of benzene rings is 7. The molecule has 0 fully saturated rings. The van der Waals surface area contributed by atoms with Gasteiger partial charge in [0.25, 0.3) is 0 Å². The van der Waals surface area contributed by atoms with E-state index >= 15 is 0 Å². The number of aromatic nitrogens is 2. The molecule has 5 heteroatoms. The van der Waals surface area contributed by atoms with Crippen LogP contribution in [0.5, 0.6) is 0 Å². The number of rotatable bonds is 4. The number of hydrogen-bond acceptors (Lipinski definition) is 2. The molecule has 2 aromatic heterocycles. The van der Waals surface area contributed by atoms with Gasteiger partial charge in [0.2, 0.25) is 5.69 Å². The predicted molar refractivity (Wildman–Crippen MR) is 202 cm³/mol. The summed E-state index contributed by atoms with van der Waals surface area (Å²) in [5, 5.41) is 24.4. The Labute approximate surface area is 288 Å². The van der Waals surface area contributed by atoms with E-state index in [2.05, 4.69) is 105 Å². The summed E-state index contributed by atoms with van der Waals surface area (Å²) in [6, 6.07) is 55.5. The Balaban J connectivity index is 1.31. The van der Waals surface area contributed by atoms with Crippen LogP contribution >= 0.6 is 0 Å². The first-order chi connectivity index (χ1) is 24.7. The molecule has 230 valence electrons. The number of fused-ring (bicyclic) bond motifs is 6. The fraction of sp³-hybridized carbons (Fsp3) is 0. The topological polar surface area (TPSA) is 61.8 Å². The third-order valence-corrected chi connectivity index (χ3v) is 9.61. The Morgan fingerprint density at radius 2 is 1.18 bits per heavy atom. The van der Waals surface area contributed by atoms with Crippen molar-refractivity contribution in [3.8, 4) is 45.8 Å². The van der Waals surface area contributed by atoms with E-state index in [1.807, 2.05) is 72.8 Å². The molecule has 0 aliphatic carbocycles. The molecule has 0 saturated carbocycles. The van der Waals surface area contributed by atoms with Gasteiger partial charge in [-0.25, -0.2) is 4.85 Å². The molecule has 0 aliphatic rings. The first kappa shape index (κ1) is 28.8. The van der Waals surface area contributed by atoms with Crippen LogP contribution in [-0.2, 0) is 0 Å². The Morgan fingerprint density at radius 3 is 1.94 bits per heavy atom. The molecule has 0 atom stereocenters. The van der Waals surface area contributed by atoms with Crippen molar-refractivity contribution < 1.29 is 0 Å². The molecule has 0 unspecified atom stereocenters. The van der Waals surface area contributed by atoms with E-state index in [1.165, 1.54) is 10.8 Å². The van der Waals surface area contributed by atoms with Gasteiger partial charge in [0.1, 0.15) is 0 Å². The fourth-order valence-corrected chi connectivity index (χ4v) is 7.54. The third kappa shape index (κ3) is 4.24. The molecular formula is C45H25N5. The number of nitrogens with zero attached hydrogens (tertiary/aromatic N) is 5. The molecule has 0 N–H and O–H groups in total. The second kappa shape index (κ2) is 11.4. The highest BCUT2D eigenvalue weighted by Crippen LogP contribution is 2.43. The second-order valence-corrected chi connectivity index (χ2v) is 12.2. The molecule has 9 rings (SSSR count). The minimum absolute atomic E-state index is 0.529. The van der Waals surface area contributed by atoms with Crippen molar-refractivity contribution in [1.29, 1.82) is 10.5 Å². The highest BCUT2D eigenvalue weighted by atomic mass is 15.0. The first-order valence-corrected chi connectivity index (χ1v) is 16.3. The van der Waals surface area contributed by atoms with Gasteiger partial charge in [-0.15, -0.1) is 0 Å². The van der Waals surface area contributed by atoms with E-state index in [4.69, 9.17) is 6.57 Å². The van der Waals surface area contributed by atoms with Gasteiger partial charge in [0.05, 0.1) is 57.6 Å². The quantitative estimate of drug-likeness (QED) is 0.181. The molecule has 0 saturated heterocycles. The molecule has 0 amide bonds. The molecule has 0 spiro atoms. The zero-order valence-electron chi connectivity index (χ0n) is 26.7. The van der Waals surface area contributed by atoms with Gasteiger partial charge in [-0.3, -0.25) is 0 Å². The molecule has 0 aliphatic heterocycles. The number of nitriles is 2. The van der Waals surface area contributed by atoms with E-state index in [-0.39, 0.29) is 0 Å². The summed E-state index contributed by atoms with van der Waals surface area (Å²) in [5.74, 6) is 0. The third-order valence-electron chi connectivity index (χ3n) is 9.61. The fourth-order valence-electron chi connectivity index (χ4n) is 7.54. The molecule has 0 radical (unpaired) electrons. The average Bonchev–Trinajstić information content (AvgIpc) is 3.70. The van der Waals surface area contributed by atoms with Gasteiger partial charge in [-0.05, 0) is 71.1 Å². The molecular weight excluding hydrogens is 611 g/mol. The second-order valence-electron chi connectivity index (χ2n) is 12.2. The van der Waals surface area contributed by atoms with Crippen LogP contribution in [0.4, 0.5) is 5.69 Å². The zero-order valence-corrected chi connectivity index (χ0v) is 26.7. The molecule has 2 heterocycles. The van der Waals surface area contributed by atoms with Crippen molar-refractivity contribution in [3.05, 3.63) is 174 Å². The van der Waals surface area contributed by atoms with Crippen LogP contribution in [0.2, 0.25) is 0 Å². The van der Waals surface area contributed by atoms with Gasteiger partial charge in [-0.2, -0.15) is 10.5 Å². The smallest absolute Gasteiger partial charge is 0.211 e. The Bertz CT molecular complexity index is 2920. The van der Waals surface area contributed by atoms with E-state index in [1.54, 1.807) is 0 Å². The maximum atomic E-state index is 10.5. The molecule has 50 heavy (non-hydrogen) atoms. The Hall–Kier alpha value is -7.39. The van der Waals surface area contributed by atoms with Crippen molar-refractivity contribution >= 4 is 49.3 Å². The van der Waals surface area contributed by atoms with Crippen LogP contribution in [0.25, 0.3) is 82.1 Å². The standard InChI is InChI=1S/C45H25N5/c1-48-39-19-10-18-37-38-25-29(27-46)23-24-43(38)49(45(37)39)32-13-8-11-30(26-32)44-31(28-47)12-9-17-36(44)35-16-4-7-22-42(35)50-40-20-5-2-14-33(40)34-15-3-6-21-41(34)50/h2-26H. The summed E-state index contributed by atoms with van der Waals surface area (Å²) in [7, 11) is 0. The predicted octanol–water partition coefficient (Wildman–Crippen LogP) is 11.5. The molecule has 9 aromatic rings. The zero-order chi connectivity index (χ0) is 33.8. The lowest BCUT2D eigenvalue weighted by molar-refractivity contribution is 1.18. The normalized spacial score (nSPS) is 11.1. The Morgan fingerprint density at radius 1 is 0.520 bits per heavy atom. The van der Waals surface area contributed by atoms with Crippen molar-refractivity contribution in [2.45, 2.75) is 0 Å². The average molecular weight is 636 g/mol.